The van der Waals surface area contributed by atoms with Gasteiger partial charge in [0, 0.05) is 0 Å². The maximum absolute atomic E-state index is 13.0. The van der Waals surface area contributed by atoms with Crippen molar-refractivity contribution < 1.29 is 18.3 Å². The first kappa shape index (κ1) is 19.6. The van der Waals surface area contributed by atoms with Crippen molar-refractivity contribution in [3.05, 3.63) is 64.7 Å². The standard InChI is InChI=1S/C22H26O4S/c1-21(2)11-12-22(3,4)19-13-17(9-10-18(19)21)27(25,26)14-15-5-7-16(8-6-15)20(23)24/h5-10,13H,11-12,14H2,1-4H3,(H,23,24). The molecule has 27 heavy (non-hydrogen) atoms. The average Bonchev–Trinajstić information content (AvgIpc) is 2.59. The third-order valence-corrected chi connectivity index (χ3v) is 7.43. The second-order valence-electron chi connectivity index (χ2n) is 8.74. The first-order valence-corrected chi connectivity index (χ1v) is 10.8. The van der Waals surface area contributed by atoms with Gasteiger partial charge in [0.1, 0.15) is 0 Å². The molecule has 0 atom stereocenters. The molecule has 0 aliphatic heterocycles. The summed E-state index contributed by atoms with van der Waals surface area (Å²) in [6, 6.07) is 11.5. The number of sulfone groups is 1. The molecule has 3 rings (SSSR count). The zero-order chi connectivity index (χ0) is 20.0. The molecule has 1 N–H and O–H groups in total. The molecule has 144 valence electrons. The van der Waals surface area contributed by atoms with Gasteiger partial charge in [0.05, 0.1) is 16.2 Å². The molecule has 0 heterocycles. The summed E-state index contributed by atoms with van der Waals surface area (Å²) in [4.78, 5) is 11.3. The van der Waals surface area contributed by atoms with E-state index in [0.717, 1.165) is 18.4 Å². The Morgan fingerprint density at radius 1 is 0.926 bits per heavy atom. The van der Waals surface area contributed by atoms with E-state index in [1.807, 2.05) is 12.1 Å². The molecule has 5 heteroatoms. The SMILES string of the molecule is CC1(C)CCC(C)(C)c2cc(S(=O)(=O)Cc3ccc(C(=O)O)cc3)ccc21. The zero-order valence-corrected chi connectivity index (χ0v) is 17.1. The van der Waals surface area contributed by atoms with Gasteiger partial charge in [0.2, 0.25) is 0 Å². The number of aromatic carboxylic acids is 1. The van der Waals surface area contributed by atoms with E-state index in [1.165, 1.54) is 17.7 Å². The minimum Gasteiger partial charge on any atom is -0.478 e. The summed E-state index contributed by atoms with van der Waals surface area (Å²) in [5.74, 6) is -1.17. The van der Waals surface area contributed by atoms with Crippen molar-refractivity contribution in [2.75, 3.05) is 0 Å². The summed E-state index contributed by atoms with van der Waals surface area (Å²) in [6.07, 6.45) is 2.10. The third-order valence-electron chi connectivity index (χ3n) is 5.74. The van der Waals surface area contributed by atoms with Gasteiger partial charge in [0.15, 0.2) is 9.84 Å². The molecule has 0 aromatic heterocycles. The van der Waals surface area contributed by atoms with E-state index in [0.29, 0.717) is 10.5 Å². The normalized spacial score (nSPS) is 17.9. The van der Waals surface area contributed by atoms with Crippen LogP contribution in [0.25, 0.3) is 0 Å². The summed E-state index contributed by atoms with van der Waals surface area (Å²) in [6.45, 7) is 8.75. The van der Waals surface area contributed by atoms with Crippen molar-refractivity contribution in [1.29, 1.82) is 0 Å². The van der Waals surface area contributed by atoms with Crippen molar-refractivity contribution >= 4 is 15.8 Å². The molecule has 0 amide bonds. The van der Waals surface area contributed by atoms with Crippen molar-refractivity contribution in [3.63, 3.8) is 0 Å². The highest BCUT2D eigenvalue weighted by molar-refractivity contribution is 7.90. The monoisotopic (exact) mass is 386 g/mol. The van der Waals surface area contributed by atoms with Crippen LogP contribution in [0.15, 0.2) is 47.4 Å². The van der Waals surface area contributed by atoms with Crippen molar-refractivity contribution in [1.82, 2.24) is 0 Å². The minimum absolute atomic E-state index is 0.0415. The Bertz CT molecular complexity index is 983. The van der Waals surface area contributed by atoms with Crippen LogP contribution in [0.4, 0.5) is 0 Å². The molecule has 0 bridgehead atoms. The molecular weight excluding hydrogens is 360 g/mol. The lowest BCUT2D eigenvalue weighted by Gasteiger charge is -2.42. The Morgan fingerprint density at radius 3 is 2.04 bits per heavy atom. The molecule has 2 aromatic rings. The number of carbonyl (C=O) groups is 1. The number of rotatable bonds is 4. The van der Waals surface area contributed by atoms with E-state index in [2.05, 4.69) is 27.7 Å². The Kier molecular flexibility index (Phi) is 4.71. The van der Waals surface area contributed by atoms with Crippen LogP contribution in [0.2, 0.25) is 0 Å². The molecule has 1 aliphatic rings. The summed E-state index contributed by atoms with van der Waals surface area (Å²) in [5.41, 5.74) is 3.05. The molecule has 4 nitrogen and oxygen atoms in total. The molecule has 0 fully saturated rings. The lowest BCUT2D eigenvalue weighted by atomic mass is 9.63. The fourth-order valence-electron chi connectivity index (χ4n) is 3.81. The predicted octanol–water partition coefficient (Wildman–Crippen LogP) is 4.71. The van der Waals surface area contributed by atoms with Gasteiger partial charge in [-0.2, -0.15) is 0 Å². The Morgan fingerprint density at radius 2 is 1.48 bits per heavy atom. The van der Waals surface area contributed by atoms with Gasteiger partial charge in [-0.15, -0.1) is 0 Å². The number of carboxylic acid groups (broad SMARTS) is 1. The fraction of sp³-hybridized carbons (Fsp3) is 0.409. The Balaban J connectivity index is 1.97. The van der Waals surface area contributed by atoms with Crippen LogP contribution in [-0.2, 0) is 26.4 Å². The first-order valence-electron chi connectivity index (χ1n) is 9.12. The molecule has 0 radical (unpaired) electrons. The summed E-state index contributed by atoms with van der Waals surface area (Å²) in [5, 5.41) is 8.97. The summed E-state index contributed by atoms with van der Waals surface area (Å²) < 4.78 is 25.9. The van der Waals surface area contributed by atoms with Crippen LogP contribution >= 0.6 is 0 Å². The number of carboxylic acids is 1. The molecule has 0 saturated heterocycles. The van der Waals surface area contributed by atoms with E-state index in [9.17, 15) is 13.2 Å². The molecular formula is C22H26O4S. The number of benzene rings is 2. The molecule has 0 spiro atoms. The summed E-state index contributed by atoms with van der Waals surface area (Å²) >= 11 is 0. The van der Waals surface area contributed by atoms with E-state index in [1.54, 1.807) is 18.2 Å². The highest BCUT2D eigenvalue weighted by atomic mass is 32.2. The average molecular weight is 387 g/mol. The summed E-state index contributed by atoms with van der Waals surface area (Å²) in [7, 11) is -3.51. The molecule has 1 aliphatic carbocycles. The van der Waals surface area contributed by atoms with Gasteiger partial charge in [-0.1, -0.05) is 45.9 Å². The first-order chi connectivity index (χ1) is 12.4. The highest BCUT2D eigenvalue weighted by Gasteiger charge is 2.37. The van der Waals surface area contributed by atoms with Crippen molar-refractivity contribution in [2.24, 2.45) is 0 Å². The Hall–Kier alpha value is -2.14. The maximum atomic E-state index is 13.0. The minimum atomic E-state index is -3.51. The van der Waals surface area contributed by atoms with E-state index >= 15 is 0 Å². The van der Waals surface area contributed by atoms with E-state index in [-0.39, 0.29) is 22.1 Å². The van der Waals surface area contributed by atoms with Gasteiger partial charge in [-0.3, -0.25) is 0 Å². The Labute approximate surface area is 161 Å². The van der Waals surface area contributed by atoms with Crippen molar-refractivity contribution in [3.8, 4) is 0 Å². The lowest BCUT2D eigenvalue weighted by Crippen LogP contribution is -2.34. The third kappa shape index (κ3) is 3.79. The quantitative estimate of drug-likeness (QED) is 0.826. The van der Waals surface area contributed by atoms with Gasteiger partial charge in [-0.25, -0.2) is 13.2 Å². The molecule has 0 unspecified atom stereocenters. The predicted molar refractivity (Wildman–Crippen MR) is 106 cm³/mol. The second-order valence-corrected chi connectivity index (χ2v) is 10.7. The largest absolute Gasteiger partial charge is 0.478 e. The van der Waals surface area contributed by atoms with Crippen LogP contribution in [0, 0.1) is 0 Å². The van der Waals surface area contributed by atoms with Gasteiger partial charge in [0.25, 0.3) is 0 Å². The topological polar surface area (TPSA) is 71.4 Å². The lowest BCUT2D eigenvalue weighted by molar-refractivity contribution is 0.0697. The van der Waals surface area contributed by atoms with Crippen LogP contribution in [0.3, 0.4) is 0 Å². The molecule has 2 aromatic carbocycles. The number of hydrogen-bond donors (Lipinski definition) is 1. The van der Waals surface area contributed by atoms with E-state index in [4.69, 9.17) is 5.11 Å². The van der Waals surface area contributed by atoms with Crippen molar-refractivity contribution in [2.45, 2.75) is 62.0 Å². The number of hydrogen-bond acceptors (Lipinski definition) is 3. The highest BCUT2D eigenvalue weighted by Crippen LogP contribution is 2.46. The van der Waals surface area contributed by atoms with Gasteiger partial charge in [-0.05, 0) is 64.6 Å². The molecule has 0 saturated carbocycles. The second kappa shape index (κ2) is 6.48. The zero-order valence-electron chi connectivity index (χ0n) is 16.2. The smallest absolute Gasteiger partial charge is 0.335 e. The van der Waals surface area contributed by atoms with Crippen LogP contribution in [-0.4, -0.2) is 19.5 Å². The maximum Gasteiger partial charge on any atom is 0.335 e. The van der Waals surface area contributed by atoms with Gasteiger partial charge >= 0.3 is 5.97 Å². The van der Waals surface area contributed by atoms with Crippen LogP contribution in [0.1, 0.15) is 67.6 Å². The number of fused-ring (bicyclic) bond motifs is 1. The van der Waals surface area contributed by atoms with Crippen LogP contribution < -0.4 is 0 Å². The van der Waals surface area contributed by atoms with E-state index < -0.39 is 15.8 Å². The fourth-order valence-corrected chi connectivity index (χ4v) is 5.18. The van der Waals surface area contributed by atoms with Crippen LogP contribution in [0.5, 0.6) is 0 Å². The van der Waals surface area contributed by atoms with Gasteiger partial charge < -0.3 is 5.11 Å².